The predicted octanol–water partition coefficient (Wildman–Crippen LogP) is 1.72. The standard InChI is InChI=1S/C13H16N4O3/c14-8-10-5-6-11(9-16-10)17-12(18)4-2-1-3-7-15-13(19)20/h5-6,9,15H,1-4,7H2,(H,17,18)(H,19,20). The number of nitrogens with zero attached hydrogens (tertiary/aromatic N) is 2. The summed E-state index contributed by atoms with van der Waals surface area (Å²) < 4.78 is 0. The Morgan fingerprint density at radius 3 is 2.70 bits per heavy atom. The molecule has 7 nitrogen and oxygen atoms in total. The van der Waals surface area contributed by atoms with Crippen LogP contribution < -0.4 is 10.6 Å². The maximum Gasteiger partial charge on any atom is 0.404 e. The fourth-order valence-electron chi connectivity index (χ4n) is 1.54. The highest BCUT2D eigenvalue weighted by Crippen LogP contribution is 2.07. The molecule has 0 aliphatic rings. The number of anilines is 1. The molecular formula is C13H16N4O3. The first-order valence-electron chi connectivity index (χ1n) is 6.24. The summed E-state index contributed by atoms with van der Waals surface area (Å²) in [7, 11) is 0. The molecule has 106 valence electrons. The molecule has 1 aromatic heterocycles. The molecular weight excluding hydrogens is 260 g/mol. The molecule has 0 atom stereocenters. The number of nitrogens with one attached hydrogen (secondary N) is 2. The van der Waals surface area contributed by atoms with Gasteiger partial charge in [-0.25, -0.2) is 9.78 Å². The molecule has 3 N–H and O–H groups in total. The topological polar surface area (TPSA) is 115 Å². The Balaban J connectivity index is 2.17. The van der Waals surface area contributed by atoms with Gasteiger partial charge in [0.15, 0.2) is 0 Å². The van der Waals surface area contributed by atoms with Gasteiger partial charge in [-0.3, -0.25) is 4.79 Å². The molecule has 0 aliphatic heterocycles. The molecule has 0 saturated heterocycles. The Bertz CT molecular complexity index is 493. The van der Waals surface area contributed by atoms with Gasteiger partial charge in [0.05, 0.1) is 11.9 Å². The first-order chi connectivity index (χ1) is 9.61. The molecule has 0 unspecified atom stereocenters. The van der Waals surface area contributed by atoms with Gasteiger partial charge in [0.2, 0.25) is 5.91 Å². The van der Waals surface area contributed by atoms with E-state index in [9.17, 15) is 9.59 Å². The van der Waals surface area contributed by atoms with E-state index < -0.39 is 6.09 Å². The fourth-order valence-corrected chi connectivity index (χ4v) is 1.54. The molecule has 20 heavy (non-hydrogen) atoms. The molecule has 0 saturated carbocycles. The van der Waals surface area contributed by atoms with Crippen molar-refractivity contribution in [3.63, 3.8) is 0 Å². The van der Waals surface area contributed by atoms with Crippen LogP contribution in [0.5, 0.6) is 0 Å². The van der Waals surface area contributed by atoms with Crippen molar-refractivity contribution < 1.29 is 14.7 Å². The molecule has 2 amide bonds. The molecule has 1 heterocycles. The first kappa shape index (κ1) is 15.4. The second-order valence-electron chi connectivity index (χ2n) is 4.13. The van der Waals surface area contributed by atoms with E-state index in [2.05, 4.69) is 15.6 Å². The third-order valence-corrected chi connectivity index (χ3v) is 2.52. The van der Waals surface area contributed by atoms with Crippen LogP contribution in [-0.4, -0.2) is 28.6 Å². The number of carbonyl (C=O) groups is 2. The number of carbonyl (C=O) groups excluding carboxylic acids is 1. The van der Waals surface area contributed by atoms with Crippen LogP contribution in [0.1, 0.15) is 31.4 Å². The molecule has 1 rings (SSSR count). The summed E-state index contributed by atoms with van der Waals surface area (Å²) in [5.41, 5.74) is 0.857. The zero-order valence-electron chi connectivity index (χ0n) is 10.9. The number of hydrogen-bond donors (Lipinski definition) is 3. The van der Waals surface area contributed by atoms with Gasteiger partial charge in [-0.05, 0) is 25.0 Å². The maximum absolute atomic E-state index is 11.6. The van der Waals surface area contributed by atoms with Gasteiger partial charge in [0.25, 0.3) is 0 Å². The molecule has 0 fully saturated rings. The monoisotopic (exact) mass is 276 g/mol. The van der Waals surface area contributed by atoms with Crippen LogP contribution in [0.4, 0.5) is 10.5 Å². The SMILES string of the molecule is N#Cc1ccc(NC(=O)CCCCCNC(=O)O)cn1. The van der Waals surface area contributed by atoms with E-state index >= 15 is 0 Å². The first-order valence-corrected chi connectivity index (χ1v) is 6.24. The Labute approximate surface area is 116 Å². The molecule has 0 bridgehead atoms. The van der Waals surface area contributed by atoms with E-state index in [-0.39, 0.29) is 5.91 Å². The zero-order valence-corrected chi connectivity index (χ0v) is 10.9. The summed E-state index contributed by atoms with van der Waals surface area (Å²) >= 11 is 0. The number of aromatic nitrogens is 1. The zero-order chi connectivity index (χ0) is 14.8. The van der Waals surface area contributed by atoms with Crippen LogP contribution in [0.2, 0.25) is 0 Å². The number of pyridine rings is 1. The van der Waals surface area contributed by atoms with Crippen molar-refractivity contribution in [3.05, 3.63) is 24.0 Å². The van der Waals surface area contributed by atoms with Crippen molar-refractivity contribution in [3.8, 4) is 6.07 Å². The van der Waals surface area contributed by atoms with Gasteiger partial charge >= 0.3 is 6.09 Å². The van der Waals surface area contributed by atoms with E-state index in [4.69, 9.17) is 10.4 Å². The van der Waals surface area contributed by atoms with Gasteiger partial charge in [0.1, 0.15) is 11.8 Å². The van der Waals surface area contributed by atoms with Gasteiger partial charge < -0.3 is 15.7 Å². The lowest BCUT2D eigenvalue weighted by atomic mass is 10.2. The summed E-state index contributed by atoms with van der Waals surface area (Å²) in [4.78, 5) is 25.6. The quantitative estimate of drug-likeness (QED) is 0.656. The number of nitriles is 1. The van der Waals surface area contributed by atoms with E-state index in [1.807, 2.05) is 6.07 Å². The third-order valence-electron chi connectivity index (χ3n) is 2.52. The fraction of sp³-hybridized carbons (Fsp3) is 0.385. The lowest BCUT2D eigenvalue weighted by molar-refractivity contribution is -0.116. The second kappa shape index (κ2) is 8.48. The van der Waals surface area contributed by atoms with Gasteiger partial charge in [0, 0.05) is 13.0 Å². The van der Waals surface area contributed by atoms with Crippen LogP contribution in [0, 0.1) is 11.3 Å². The molecule has 0 aromatic carbocycles. The van der Waals surface area contributed by atoms with Crippen molar-refractivity contribution in [1.82, 2.24) is 10.3 Å². The smallest absolute Gasteiger partial charge is 0.404 e. The molecule has 1 aromatic rings. The predicted molar refractivity (Wildman–Crippen MR) is 72.1 cm³/mol. The summed E-state index contributed by atoms with van der Waals surface area (Å²) in [6.07, 6.45) is 2.95. The Morgan fingerprint density at radius 2 is 2.10 bits per heavy atom. The number of unbranched alkanes of at least 4 members (excludes halogenated alkanes) is 2. The van der Waals surface area contributed by atoms with Crippen LogP contribution in [0.25, 0.3) is 0 Å². The van der Waals surface area contributed by atoms with E-state index in [0.29, 0.717) is 37.2 Å². The van der Waals surface area contributed by atoms with Crippen molar-refractivity contribution in [2.24, 2.45) is 0 Å². The van der Waals surface area contributed by atoms with Crippen LogP contribution in [0.3, 0.4) is 0 Å². The van der Waals surface area contributed by atoms with Crippen LogP contribution >= 0.6 is 0 Å². The Morgan fingerprint density at radius 1 is 1.30 bits per heavy atom. The van der Waals surface area contributed by atoms with E-state index in [1.165, 1.54) is 12.3 Å². The number of carboxylic acid groups (broad SMARTS) is 1. The molecule has 7 heteroatoms. The minimum absolute atomic E-state index is 0.122. The van der Waals surface area contributed by atoms with Crippen molar-refractivity contribution in [2.45, 2.75) is 25.7 Å². The molecule has 0 aliphatic carbocycles. The van der Waals surface area contributed by atoms with E-state index in [0.717, 1.165) is 6.42 Å². The van der Waals surface area contributed by atoms with Crippen LogP contribution in [0.15, 0.2) is 18.3 Å². The summed E-state index contributed by atoms with van der Waals surface area (Å²) in [5, 5.41) is 21.9. The minimum atomic E-state index is -1.03. The van der Waals surface area contributed by atoms with Crippen molar-refractivity contribution >= 4 is 17.7 Å². The summed E-state index contributed by atoms with van der Waals surface area (Å²) in [6, 6.07) is 5.06. The highest BCUT2D eigenvalue weighted by Gasteiger charge is 2.03. The molecule has 0 radical (unpaired) electrons. The highest BCUT2D eigenvalue weighted by atomic mass is 16.4. The van der Waals surface area contributed by atoms with Crippen molar-refractivity contribution in [1.29, 1.82) is 5.26 Å². The normalized spacial score (nSPS) is 9.55. The average molecular weight is 276 g/mol. The largest absolute Gasteiger partial charge is 0.465 e. The maximum atomic E-state index is 11.6. The second-order valence-corrected chi connectivity index (χ2v) is 4.13. The van der Waals surface area contributed by atoms with Crippen LogP contribution in [-0.2, 0) is 4.79 Å². The lowest BCUT2D eigenvalue weighted by Gasteiger charge is -2.05. The number of hydrogen-bond acceptors (Lipinski definition) is 4. The van der Waals surface area contributed by atoms with Crippen molar-refractivity contribution in [2.75, 3.05) is 11.9 Å². The van der Waals surface area contributed by atoms with Gasteiger partial charge in [-0.15, -0.1) is 0 Å². The number of amides is 2. The number of rotatable bonds is 7. The summed E-state index contributed by atoms with van der Waals surface area (Å²) in [5.74, 6) is -0.122. The average Bonchev–Trinajstić information content (AvgIpc) is 2.43. The van der Waals surface area contributed by atoms with Gasteiger partial charge in [-0.1, -0.05) is 6.42 Å². The Kier molecular flexibility index (Phi) is 6.54. The third kappa shape index (κ3) is 6.35. The molecule has 0 spiro atoms. The van der Waals surface area contributed by atoms with Gasteiger partial charge in [-0.2, -0.15) is 5.26 Å². The summed E-state index contributed by atoms with van der Waals surface area (Å²) in [6.45, 7) is 0.399. The van der Waals surface area contributed by atoms with E-state index in [1.54, 1.807) is 6.07 Å². The Hall–Kier alpha value is -2.62. The minimum Gasteiger partial charge on any atom is -0.465 e. The highest BCUT2D eigenvalue weighted by molar-refractivity contribution is 5.90. The lowest BCUT2D eigenvalue weighted by Crippen LogP contribution is -2.21.